The Morgan fingerprint density at radius 1 is 0.571 bits per heavy atom. The first-order chi connectivity index (χ1) is 17.4. The zero-order valence-electron chi connectivity index (χ0n) is 22.3. The van der Waals surface area contributed by atoms with Gasteiger partial charge in [-0.1, -0.05) is 139 Å². The highest BCUT2D eigenvalue weighted by molar-refractivity contribution is 5.33. The molecule has 0 unspecified atom stereocenters. The van der Waals surface area contributed by atoms with Gasteiger partial charge in [0.15, 0.2) is 0 Å². The molecular formula is C33H49N2+. The molecule has 0 saturated heterocycles. The molecule has 1 aromatic heterocycles. The van der Waals surface area contributed by atoms with Crippen LogP contribution >= 0.6 is 0 Å². The summed E-state index contributed by atoms with van der Waals surface area (Å²) in [6.07, 6.45) is 26.7. The van der Waals surface area contributed by atoms with Crippen molar-refractivity contribution < 1.29 is 4.57 Å². The molecule has 0 fully saturated rings. The molecule has 0 N–H and O–H groups in total. The van der Waals surface area contributed by atoms with E-state index in [1.807, 2.05) is 0 Å². The Hall–Kier alpha value is -2.35. The lowest BCUT2D eigenvalue weighted by molar-refractivity contribution is -0.703. The average molecular weight is 474 g/mol. The summed E-state index contributed by atoms with van der Waals surface area (Å²) in [6.45, 7) is 3.41. The summed E-state index contributed by atoms with van der Waals surface area (Å²) in [5.74, 6) is 1.37. The monoisotopic (exact) mass is 473 g/mol. The number of aromatic nitrogens is 2. The van der Waals surface area contributed by atoms with Crippen molar-refractivity contribution in [1.82, 2.24) is 4.57 Å². The maximum atomic E-state index is 2.47. The number of imidazole rings is 1. The summed E-state index contributed by atoms with van der Waals surface area (Å²) < 4.78 is 4.83. The first-order valence-electron chi connectivity index (χ1n) is 14.6. The maximum Gasteiger partial charge on any atom is 0.266 e. The van der Waals surface area contributed by atoms with Crippen molar-refractivity contribution in [2.45, 2.75) is 116 Å². The molecule has 0 aliphatic carbocycles. The Balaban J connectivity index is 1.32. The van der Waals surface area contributed by atoms with Gasteiger partial charge in [0.05, 0.1) is 13.0 Å². The minimum absolute atomic E-state index is 0.960. The molecule has 2 nitrogen and oxygen atoms in total. The summed E-state index contributed by atoms with van der Waals surface area (Å²) in [5.41, 5.74) is 2.61. The van der Waals surface area contributed by atoms with Crippen LogP contribution < -0.4 is 4.57 Å². The Kier molecular flexibility index (Phi) is 13.3. The number of aryl methyl sites for hydroxylation is 1. The molecule has 0 bridgehead atoms. The van der Waals surface area contributed by atoms with Crippen LogP contribution in [0.5, 0.6) is 0 Å². The molecular weight excluding hydrogens is 424 g/mol. The van der Waals surface area contributed by atoms with Crippen LogP contribution in [0.1, 0.15) is 115 Å². The van der Waals surface area contributed by atoms with Crippen molar-refractivity contribution in [2.75, 3.05) is 0 Å². The number of hydrogen-bond donors (Lipinski definition) is 0. The third kappa shape index (κ3) is 10.4. The van der Waals surface area contributed by atoms with E-state index in [0.29, 0.717) is 0 Å². The van der Waals surface area contributed by atoms with Gasteiger partial charge in [0.25, 0.3) is 5.82 Å². The predicted molar refractivity (Wildman–Crippen MR) is 150 cm³/mol. The zero-order chi connectivity index (χ0) is 24.4. The van der Waals surface area contributed by atoms with Gasteiger partial charge in [0.2, 0.25) is 0 Å². The molecule has 0 spiro atoms. The van der Waals surface area contributed by atoms with Crippen molar-refractivity contribution in [3.8, 4) is 5.69 Å². The second-order valence-corrected chi connectivity index (χ2v) is 10.2. The first kappa shape index (κ1) is 27.2. The van der Waals surface area contributed by atoms with Crippen molar-refractivity contribution >= 4 is 0 Å². The Labute approximate surface area is 215 Å². The van der Waals surface area contributed by atoms with Crippen molar-refractivity contribution in [1.29, 1.82) is 0 Å². The van der Waals surface area contributed by atoms with E-state index >= 15 is 0 Å². The Morgan fingerprint density at radius 2 is 1.06 bits per heavy atom. The van der Waals surface area contributed by atoms with Crippen LogP contribution in [-0.4, -0.2) is 4.57 Å². The summed E-state index contributed by atoms with van der Waals surface area (Å²) in [6, 6.07) is 21.6. The number of unbranched alkanes of at least 4 members (excludes halogenated alkanes) is 14. The lowest BCUT2D eigenvalue weighted by Crippen LogP contribution is -2.37. The highest BCUT2D eigenvalue weighted by Crippen LogP contribution is 2.15. The smallest absolute Gasteiger partial charge is 0.234 e. The highest BCUT2D eigenvalue weighted by Gasteiger charge is 2.19. The molecule has 0 aliphatic rings. The summed E-state index contributed by atoms with van der Waals surface area (Å²) >= 11 is 0. The van der Waals surface area contributed by atoms with Gasteiger partial charge in [0.1, 0.15) is 18.1 Å². The molecule has 3 aromatic rings. The molecule has 0 amide bonds. The number of nitrogens with zero attached hydrogens (tertiary/aromatic N) is 2. The molecule has 3 rings (SSSR count). The fraction of sp³-hybridized carbons (Fsp3) is 0.545. The number of para-hydroxylation sites is 1. The van der Waals surface area contributed by atoms with Crippen LogP contribution in [0.15, 0.2) is 73.1 Å². The Morgan fingerprint density at radius 3 is 1.60 bits per heavy atom. The number of rotatable bonds is 19. The van der Waals surface area contributed by atoms with Gasteiger partial charge in [-0.15, -0.1) is 0 Å². The molecule has 0 aliphatic heterocycles. The van der Waals surface area contributed by atoms with Gasteiger partial charge >= 0.3 is 0 Å². The van der Waals surface area contributed by atoms with Gasteiger partial charge in [-0.2, -0.15) is 4.57 Å². The van der Waals surface area contributed by atoms with Crippen molar-refractivity contribution in [3.05, 3.63) is 84.4 Å². The second kappa shape index (κ2) is 17.1. The zero-order valence-corrected chi connectivity index (χ0v) is 22.3. The fourth-order valence-corrected chi connectivity index (χ4v) is 5.10. The van der Waals surface area contributed by atoms with Crippen LogP contribution in [0, 0.1) is 0 Å². The molecule has 1 heterocycles. The second-order valence-electron chi connectivity index (χ2n) is 10.2. The minimum Gasteiger partial charge on any atom is -0.234 e. The van der Waals surface area contributed by atoms with E-state index in [1.165, 1.54) is 113 Å². The average Bonchev–Trinajstić information content (AvgIpc) is 3.29. The van der Waals surface area contributed by atoms with E-state index in [-0.39, 0.29) is 0 Å². The molecule has 0 saturated carbocycles. The van der Waals surface area contributed by atoms with E-state index < -0.39 is 0 Å². The number of hydrogen-bond acceptors (Lipinski definition) is 0. The van der Waals surface area contributed by atoms with Crippen LogP contribution in [-0.2, 0) is 13.0 Å². The third-order valence-electron chi connectivity index (χ3n) is 7.25. The number of benzene rings is 2. The predicted octanol–water partition coefficient (Wildman–Crippen LogP) is 9.23. The van der Waals surface area contributed by atoms with Gasteiger partial charge < -0.3 is 0 Å². The van der Waals surface area contributed by atoms with Crippen LogP contribution in [0.3, 0.4) is 0 Å². The normalized spacial score (nSPS) is 11.2. The summed E-state index contributed by atoms with van der Waals surface area (Å²) in [7, 11) is 0. The lowest BCUT2D eigenvalue weighted by Gasteiger charge is -2.06. The van der Waals surface area contributed by atoms with Gasteiger partial charge in [-0.3, -0.25) is 0 Å². The molecule has 190 valence electrons. The van der Waals surface area contributed by atoms with E-state index in [0.717, 1.165) is 13.0 Å². The van der Waals surface area contributed by atoms with E-state index in [1.54, 1.807) is 0 Å². The van der Waals surface area contributed by atoms with Gasteiger partial charge in [0, 0.05) is 0 Å². The van der Waals surface area contributed by atoms with E-state index in [9.17, 15) is 0 Å². The fourth-order valence-electron chi connectivity index (χ4n) is 5.10. The van der Waals surface area contributed by atoms with Gasteiger partial charge in [-0.25, -0.2) is 4.57 Å². The summed E-state index contributed by atoms with van der Waals surface area (Å²) in [4.78, 5) is 0. The maximum absolute atomic E-state index is 2.47. The van der Waals surface area contributed by atoms with Crippen LogP contribution in [0.25, 0.3) is 5.69 Å². The molecule has 2 aromatic carbocycles. The quantitative estimate of drug-likeness (QED) is 0.121. The molecule has 2 heteroatoms. The van der Waals surface area contributed by atoms with Gasteiger partial charge in [-0.05, 0) is 30.5 Å². The van der Waals surface area contributed by atoms with Crippen LogP contribution in [0.2, 0.25) is 0 Å². The standard InChI is InChI=1S/C33H49N2/c1-2-3-4-5-6-7-8-9-10-11-12-13-14-15-22-27-34-28-29-35(32-25-20-17-21-26-32)33(34)30-31-23-18-16-19-24-31/h16-21,23-26,28-29H,2-15,22,27,30H2,1H3/q+1. The lowest BCUT2D eigenvalue weighted by atomic mass is 10.0. The third-order valence-corrected chi connectivity index (χ3v) is 7.25. The summed E-state index contributed by atoms with van der Waals surface area (Å²) in [5, 5.41) is 0. The largest absolute Gasteiger partial charge is 0.266 e. The minimum atomic E-state index is 0.960. The first-order valence-corrected chi connectivity index (χ1v) is 14.6. The van der Waals surface area contributed by atoms with Crippen molar-refractivity contribution in [3.63, 3.8) is 0 Å². The van der Waals surface area contributed by atoms with E-state index in [2.05, 4.69) is 89.1 Å². The van der Waals surface area contributed by atoms with Crippen molar-refractivity contribution in [2.24, 2.45) is 0 Å². The van der Waals surface area contributed by atoms with E-state index in [4.69, 9.17) is 0 Å². The molecule has 0 atom stereocenters. The topological polar surface area (TPSA) is 8.81 Å². The Bertz CT molecular complexity index is 897. The van der Waals surface area contributed by atoms with Crippen LogP contribution in [0.4, 0.5) is 0 Å². The molecule has 0 radical (unpaired) electrons. The highest BCUT2D eigenvalue weighted by atomic mass is 15.1. The SMILES string of the molecule is CCCCCCCCCCCCCCCCC[n+]1ccn(-c2ccccc2)c1Cc1ccccc1. The molecule has 35 heavy (non-hydrogen) atoms.